The lowest BCUT2D eigenvalue weighted by Gasteiger charge is -2.37. The van der Waals surface area contributed by atoms with Gasteiger partial charge in [-0.3, -0.25) is 14.7 Å². The largest absolute Gasteiger partial charge is 0.497 e. The van der Waals surface area contributed by atoms with E-state index in [1.54, 1.807) is 43.1 Å². The minimum atomic E-state index is -1.73. The van der Waals surface area contributed by atoms with Crippen LogP contribution in [-0.2, 0) is 38.4 Å². The van der Waals surface area contributed by atoms with Crippen LogP contribution in [0.2, 0.25) is 0 Å². The van der Waals surface area contributed by atoms with Gasteiger partial charge in [-0.05, 0) is 71.5 Å². The number of carbonyl (C=O) groups is 1. The first-order valence-electron chi connectivity index (χ1n) is 25.3. The van der Waals surface area contributed by atoms with Gasteiger partial charge in [-0.2, -0.15) is 20.5 Å². The lowest BCUT2D eigenvalue weighted by Crippen LogP contribution is -2.41. The highest BCUT2D eigenvalue weighted by molar-refractivity contribution is 7.45. The van der Waals surface area contributed by atoms with Crippen molar-refractivity contribution in [2.45, 2.75) is 68.0 Å². The lowest BCUT2D eigenvalue weighted by atomic mass is 9.80. The van der Waals surface area contributed by atoms with Gasteiger partial charge in [0.05, 0.1) is 58.7 Å². The first-order valence-corrected chi connectivity index (χ1v) is 26.4. The number of methoxy groups -OCH3 is 2. The molecule has 1 N–H and O–H groups in total. The van der Waals surface area contributed by atoms with Gasteiger partial charge < -0.3 is 46.9 Å². The molecule has 0 bridgehead atoms. The van der Waals surface area contributed by atoms with Crippen LogP contribution in [0, 0.1) is 22.7 Å². The van der Waals surface area contributed by atoms with Crippen molar-refractivity contribution in [3.8, 4) is 35.3 Å². The number of imidazole rings is 1. The van der Waals surface area contributed by atoms with Gasteiger partial charge in [-0.25, -0.2) is 9.65 Å². The van der Waals surface area contributed by atoms with Crippen LogP contribution in [0.15, 0.2) is 146 Å². The van der Waals surface area contributed by atoms with E-state index in [-0.39, 0.29) is 81.2 Å². The van der Waals surface area contributed by atoms with Crippen LogP contribution in [0.1, 0.15) is 60.3 Å². The molecule has 3 saturated heterocycles. The molecule has 5 aromatic carbocycles. The zero-order valence-corrected chi connectivity index (χ0v) is 43.4. The fourth-order valence-electron chi connectivity index (χ4n) is 9.84. The highest BCUT2D eigenvalue weighted by Crippen LogP contribution is 2.62. The molecule has 3 aliphatic heterocycles. The Kier molecular flexibility index (Phi) is 17.2. The van der Waals surface area contributed by atoms with E-state index in [1.165, 1.54) is 6.33 Å². The number of hydrogen-bond acceptors (Lipinski definition) is 17. The molecule has 19 nitrogen and oxygen atoms in total. The van der Waals surface area contributed by atoms with Crippen LogP contribution < -0.4 is 24.3 Å². The van der Waals surface area contributed by atoms with E-state index in [1.807, 2.05) is 103 Å². The van der Waals surface area contributed by atoms with Crippen molar-refractivity contribution >= 4 is 31.5 Å². The number of nitriles is 2. The maximum absolute atomic E-state index is 13.4. The molecule has 1 amide bonds. The molecule has 7 aromatic rings. The maximum Gasteiger partial charge on any atom is 0.264 e. The molecule has 7 atom stereocenters. The third-order valence-corrected chi connectivity index (χ3v) is 15.2. The number of para-hydroxylation sites is 1. The van der Waals surface area contributed by atoms with Crippen molar-refractivity contribution in [1.29, 1.82) is 10.5 Å². The molecule has 0 saturated carbocycles. The highest BCUT2D eigenvalue weighted by Gasteiger charge is 2.55. The van der Waals surface area contributed by atoms with E-state index in [9.17, 15) is 15.3 Å². The second-order valence-electron chi connectivity index (χ2n) is 18.1. The number of anilines is 1. The number of hydrogen-bond donors (Lipinski definition) is 1. The molecule has 2 aromatic heterocycles. The summed E-state index contributed by atoms with van der Waals surface area (Å²) in [6.07, 6.45) is -0.492. The van der Waals surface area contributed by atoms with Crippen LogP contribution in [0.25, 0.3) is 11.2 Å². The molecule has 5 heterocycles. The standard InChI is InChI=1S/C57H57N8O11P/c1-67-43-26-22-41(23-27-43)57(40-17-8-4-9-18-40,42-24-28-44(68-2)29-25-42)73-35-47-51(76-77-65-32-12-21-46(65)50(75-77)39-15-6-3-7-16-39)52(72-38-69-33-13-30-58)55(74-47)64-37-60-49-53(64)62-56(63-54(49)70-34-14-31-59)61-48(66)36-71-45-19-10-5-11-20-45/h3-11,15-20,22-29,37,46-47,50-52,55H,12-14,21,32-36,38H2,1-2H3,(H,61,62,63,66)/t46-,47-,50+,51-,52-,55-,77+/m1/s1. The fourth-order valence-corrected chi connectivity index (χ4v) is 11.8. The number of nitrogens with one attached hydrogen (secondary N) is 1. The topological polar surface area (TPSA) is 216 Å². The molecule has 77 heavy (non-hydrogen) atoms. The number of nitrogens with zero attached hydrogens (tertiary/aromatic N) is 7. The Balaban J connectivity index is 1.07. The van der Waals surface area contributed by atoms with Crippen LogP contribution in [0.5, 0.6) is 23.1 Å². The summed E-state index contributed by atoms with van der Waals surface area (Å²) in [5.74, 6) is 1.21. The van der Waals surface area contributed by atoms with Crippen LogP contribution in [-0.4, -0.2) is 108 Å². The van der Waals surface area contributed by atoms with E-state index in [0.29, 0.717) is 17.2 Å². The second-order valence-corrected chi connectivity index (χ2v) is 19.6. The Morgan fingerprint density at radius 2 is 1.43 bits per heavy atom. The normalized spacial score (nSPS) is 21.0. The van der Waals surface area contributed by atoms with Crippen molar-refractivity contribution in [2.24, 2.45) is 0 Å². The van der Waals surface area contributed by atoms with Crippen LogP contribution in [0.3, 0.4) is 0 Å². The van der Waals surface area contributed by atoms with Crippen molar-refractivity contribution in [3.63, 3.8) is 0 Å². The summed E-state index contributed by atoms with van der Waals surface area (Å²) >= 11 is 0. The highest BCUT2D eigenvalue weighted by atomic mass is 31.2. The first-order chi connectivity index (χ1) is 37.9. The Hall–Kier alpha value is -7.55. The monoisotopic (exact) mass is 1060 g/mol. The number of rotatable bonds is 24. The Labute approximate surface area is 447 Å². The van der Waals surface area contributed by atoms with Gasteiger partial charge in [-0.1, -0.05) is 103 Å². The Bertz CT molecular complexity index is 3080. The molecule has 0 unspecified atom stereocenters. The summed E-state index contributed by atoms with van der Waals surface area (Å²) < 4.78 is 68.8. The fraction of sp³-hybridized carbons (Fsp3) is 0.333. The van der Waals surface area contributed by atoms with Gasteiger partial charge in [0.1, 0.15) is 60.7 Å². The molecular formula is C57H57N8O11P. The van der Waals surface area contributed by atoms with Crippen LogP contribution >= 0.6 is 8.53 Å². The molecule has 0 radical (unpaired) electrons. The predicted octanol–water partition coefficient (Wildman–Crippen LogP) is 9.18. The van der Waals surface area contributed by atoms with E-state index >= 15 is 0 Å². The van der Waals surface area contributed by atoms with Crippen molar-refractivity contribution in [3.05, 3.63) is 168 Å². The van der Waals surface area contributed by atoms with Gasteiger partial charge in [-0.15, -0.1) is 0 Å². The van der Waals surface area contributed by atoms with Gasteiger partial charge in [0.2, 0.25) is 11.8 Å². The van der Waals surface area contributed by atoms with Crippen LogP contribution in [0.4, 0.5) is 5.95 Å². The smallest absolute Gasteiger partial charge is 0.264 e. The average Bonchev–Trinajstić information content (AvgIpc) is 4.42. The average molecular weight is 1060 g/mol. The summed E-state index contributed by atoms with van der Waals surface area (Å²) in [4.78, 5) is 27.5. The Morgan fingerprint density at radius 3 is 2.10 bits per heavy atom. The summed E-state index contributed by atoms with van der Waals surface area (Å²) in [6, 6.07) is 48.9. The van der Waals surface area contributed by atoms with E-state index in [2.05, 4.69) is 39.2 Å². The summed E-state index contributed by atoms with van der Waals surface area (Å²) in [5, 5.41) is 21.6. The molecule has 20 heteroatoms. The maximum atomic E-state index is 13.4. The zero-order chi connectivity index (χ0) is 53.0. The summed E-state index contributed by atoms with van der Waals surface area (Å²) in [7, 11) is 1.52. The third kappa shape index (κ3) is 11.7. The Morgan fingerprint density at radius 1 is 0.779 bits per heavy atom. The van der Waals surface area contributed by atoms with Gasteiger partial charge in [0.25, 0.3) is 14.4 Å². The van der Waals surface area contributed by atoms with Gasteiger partial charge in [0.15, 0.2) is 24.0 Å². The quantitative estimate of drug-likeness (QED) is 0.0258. The van der Waals surface area contributed by atoms with E-state index in [0.717, 1.165) is 41.6 Å². The molecular weight excluding hydrogens is 1000 g/mol. The van der Waals surface area contributed by atoms with Gasteiger partial charge >= 0.3 is 0 Å². The molecule has 0 spiro atoms. The van der Waals surface area contributed by atoms with Gasteiger partial charge in [0, 0.05) is 12.6 Å². The zero-order valence-electron chi connectivity index (χ0n) is 42.5. The number of amides is 1. The predicted molar refractivity (Wildman–Crippen MR) is 281 cm³/mol. The van der Waals surface area contributed by atoms with E-state index < -0.39 is 44.6 Å². The second kappa shape index (κ2) is 25.1. The van der Waals surface area contributed by atoms with Crippen molar-refractivity contribution in [2.75, 3.05) is 59.3 Å². The number of benzene rings is 5. The number of carbonyl (C=O) groups excluding carboxylic acids is 1. The molecule has 3 aliphatic rings. The molecule has 0 aliphatic carbocycles. The minimum Gasteiger partial charge on any atom is -0.497 e. The summed E-state index contributed by atoms with van der Waals surface area (Å²) in [5.41, 5.74) is 2.67. The van der Waals surface area contributed by atoms with Crippen molar-refractivity contribution in [1.82, 2.24) is 24.2 Å². The molecule has 396 valence electrons. The number of aromatic nitrogens is 4. The third-order valence-electron chi connectivity index (χ3n) is 13.5. The lowest BCUT2D eigenvalue weighted by molar-refractivity contribution is -0.136. The summed E-state index contributed by atoms with van der Waals surface area (Å²) in [6.45, 7) is 0.199. The number of ether oxygens (including phenoxy) is 8. The molecule has 3 fully saturated rings. The van der Waals surface area contributed by atoms with Crippen molar-refractivity contribution < 1.29 is 51.7 Å². The minimum absolute atomic E-state index is 0.0163. The number of fused-ring (bicyclic) bond motifs is 2. The van der Waals surface area contributed by atoms with E-state index in [4.69, 9.17) is 56.9 Å². The molecule has 10 rings (SSSR count). The SMILES string of the molecule is COc1ccc(C(OC[C@H]2O[C@@H](n3cnc4c(OCCC#N)nc(NC(=O)COc5ccccc5)nc43)[C@H](OCOCCC#N)[C@@H]2O[P@]2O[C@@H](c3ccccc3)[C@H]3CCCN32)(c2ccccc2)c2ccc(OC)cc2)cc1. The first kappa shape index (κ1) is 52.9.